The second kappa shape index (κ2) is 9.15. The lowest BCUT2D eigenvalue weighted by Crippen LogP contribution is -2.27. The van der Waals surface area contributed by atoms with E-state index in [0.29, 0.717) is 26.3 Å². The zero-order chi connectivity index (χ0) is 22.0. The van der Waals surface area contributed by atoms with Crippen molar-refractivity contribution in [2.75, 3.05) is 18.6 Å². The molecule has 3 aromatic carbocycles. The van der Waals surface area contributed by atoms with Gasteiger partial charge in [0.25, 0.3) is 5.91 Å². The van der Waals surface area contributed by atoms with Crippen molar-refractivity contribution in [3.63, 3.8) is 0 Å². The van der Waals surface area contributed by atoms with Crippen LogP contribution < -0.4 is 14.4 Å². The number of thiocarbonyl (C=S) groups is 1. The first-order chi connectivity index (χ1) is 15.0. The molecule has 7 heteroatoms. The van der Waals surface area contributed by atoms with Crippen molar-refractivity contribution in [2.24, 2.45) is 0 Å². The fraction of sp³-hybridized carbons (Fsp3) is 0.0833. The molecular weight excluding hydrogens is 494 g/mol. The Morgan fingerprint density at radius 1 is 1.23 bits per heavy atom. The van der Waals surface area contributed by atoms with E-state index in [2.05, 4.69) is 21.9 Å². The van der Waals surface area contributed by atoms with Crippen molar-refractivity contribution in [1.82, 2.24) is 0 Å². The molecule has 31 heavy (non-hydrogen) atoms. The number of anilines is 1. The summed E-state index contributed by atoms with van der Waals surface area (Å²) in [4.78, 5) is 15.4. The summed E-state index contributed by atoms with van der Waals surface area (Å²) < 4.78 is 12.4. The zero-order valence-corrected chi connectivity index (χ0v) is 19.6. The predicted octanol–water partition coefficient (Wildman–Crippen LogP) is 6.03. The number of nitrogens with zero attached hydrogens (tertiary/aromatic N) is 1. The summed E-state index contributed by atoms with van der Waals surface area (Å²) in [6.07, 6.45) is 7.11. The summed E-state index contributed by atoms with van der Waals surface area (Å²) in [5.74, 6) is 3.25. The van der Waals surface area contributed by atoms with Gasteiger partial charge in [0, 0.05) is 15.4 Å². The number of halogens is 1. The smallest absolute Gasteiger partial charge is 0.270 e. The van der Waals surface area contributed by atoms with Gasteiger partial charge in [-0.15, -0.1) is 6.42 Å². The fourth-order valence-corrected chi connectivity index (χ4v) is 5.07. The van der Waals surface area contributed by atoms with E-state index >= 15 is 0 Å². The molecule has 4 nitrogen and oxygen atoms in total. The van der Waals surface area contributed by atoms with Gasteiger partial charge in [-0.3, -0.25) is 9.69 Å². The van der Waals surface area contributed by atoms with Crippen molar-refractivity contribution in [1.29, 1.82) is 0 Å². The number of ether oxygens (including phenoxy) is 2. The van der Waals surface area contributed by atoms with Gasteiger partial charge in [-0.25, -0.2) is 0 Å². The molecule has 1 aliphatic rings. The monoisotopic (exact) mass is 509 g/mol. The third-order valence-corrected chi connectivity index (χ3v) is 6.42. The topological polar surface area (TPSA) is 38.8 Å². The molecule has 3 aromatic rings. The summed E-state index contributed by atoms with van der Waals surface area (Å²) in [5.41, 5.74) is 1.43. The molecule has 0 bridgehead atoms. The van der Waals surface area contributed by atoms with Gasteiger partial charge in [-0.05, 0) is 29.7 Å². The standard InChI is InChI=1S/C24H16BrNO3S2/c1-3-11-29-22-16(12-17(25)14-20(22)28-2)13-21-23(27)26(24(30)31-21)19-10-6-8-15-7-4-5-9-18(15)19/h1,4-10,12-14H,11H2,2H3/b21-13-. The number of fused-ring (bicyclic) bond motifs is 1. The minimum absolute atomic E-state index is 0.0792. The van der Waals surface area contributed by atoms with Crippen LogP contribution >= 0.6 is 39.9 Å². The second-order valence-electron chi connectivity index (χ2n) is 6.53. The highest BCUT2D eigenvalue weighted by Crippen LogP contribution is 2.42. The normalized spacial score (nSPS) is 14.9. The van der Waals surface area contributed by atoms with Crippen molar-refractivity contribution in [3.05, 3.63) is 69.5 Å². The van der Waals surface area contributed by atoms with E-state index in [-0.39, 0.29) is 12.5 Å². The average Bonchev–Trinajstić information content (AvgIpc) is 3.05. The van der Waals surface area contributed by atoms with Crippen LogP contribution in [0.15, 0.2) is 64.0 Å². The highest BCUT2D eigenvalue weighted by Gasteiger charge is 2.34. The largest absolute Gasteiger partial charge is 0.493 e. The molecule has 0 saturated carbocycles. The Bertz CT molecular complexity index is 1270. The molecule has 0 radical (unpaired) electrons. The van der Waals surface area contributed by atoms with E-state index in [1.165, 1.54) is 11.8 Å². The van der Waals surface area contributed by atoms with Crippen LogP contribution in [0.25, 0.3) is 16.8 Å². The van der Waals surface area contributed by atoms with Gasteiger partial charge in [0.05, 0.1) is 17.7 Å². The highest BCUT2D eigenvalue weighted by molar-refractivity contribution is 9.10. The number of carbonyl (C=O) groups excluding carboxylic acids is 1. The van der Waals surface area contributed by atoms with E-state index in [9.17, 15) is 4.79 Å². The summed E-state index contributed by atoms with van der Waals surface area (Å²) in [6, 6.07) is 17.4. The Morgan fingerprint density at radius 3 is 2.77 bits per heavy atom. The SMILES string of the molecule is C#CCOc1c(/C=C2\SC(=S)N(c3cccc4ccccc34)C2=O)cc(Br)cc1OC. The maximum atomic E-state index is 13.4. The molecule has 1 heterocycles. The third kappa shape index (κ3) is 4.19. The lowest BCUT2D eigenvalue weighted by Gasteiger charge is -2.17. The number of methoxy groups -OCH3 is 1. The molecule has 0 atom stereocenters. The number of rotatable bonds is 5. The third-order valence-electron chi connectivity index (χ3n) is 4.66. The highest BCUT2D eigenvalue weighted by atomic mass is 79.9. The van der Waals surface area contributed by atoms with Gasteiger partial charge in [0.15, 0.2) is 15.8 Å². The first-order valence-corrected chi connectivity index (χ1v) is 11.2. The van der Waals surface area contributed by atoms with Crippen molar-refractivity contribution < 1.29 is 14.3 Å². The van der Waals surface area contributed by atoms with Crippen molar-refractivity contribution in [2.45, 2.75) is 0 Å². The van der Waals surface area contributed by atoms with Crippen LogP contribution in [0.4, 0.5) is 5.69 Å². The molecule has 1 amide bonds. The van der Waals surface area contributed by atoms with Crippen molar-refractivity contribution in [3.8, 4) is 23.8 Å². The van der Waals surface area contributed by atoms with Crippen molar-refractivity contribution >= 4 is 72.7 Å². The Morgan fingerprint density at radius 2 is 2.00 bits per heavy atom. The van der Waals surface area contributed by atoms with Crippen LogP contribution in [0.1, 0.15) is 5.56 Å². The molecule has 1 fully saturated rings. The fourth-order valence-electron chi connectivity index (χ4n) is 3.34. The number of amides is 1. The number of hydrogen-bond donors (Lipinski definition) is 0. The average molecular weight is 510 g/mol. The Balaban J connectivity index is 1.78. The van der Waals surface area contributed by atoms with Gasteiger partial charge in [0.1, 0.15) is 6.61 Å². The van der Waals surface area contributed by atoms with Crippen LogP contribution in [-0.2, 0) is 4.79 Å². The molecule has 0 spiro atoms. The van der Waals surface area contributed by atoms with Gasteiger partial charge in [-0.2, -0.15) is 0 Å². The summed E-state index contributed by atoms with van der Waals surface area (Å²) in [7, 11) is 1.55. The van der Waals surface area contributed by atoms with E-state index in [1.807, 2.05) is 48.5 Å². The number of carbonyl (C=O) groups is 1. The molecular formula is C24H16BrNO3S2. The lowest BCUT2D eigenvalue weighted by atomic mass is 10.1. The lowest BCUT2D eigenvalue weighted by molar-refractivity contribution is -0.113. The summed E-state index contributed by atoms with van der Waals surface area (Å²) >= 11 is 10.3. The Labute approximate surface area is 198 Å². The van der Waals surface area contributed by atoms with Crippen LogP contribution in [0.3, 0.4) is 0 Å². The molecule has 0 N–H and O–H groups in total. The van der Waals surface area contributed by atoms with E-state index in [0.717, 1.165) is 20.9 Å². The number of hydrogen-bond acceptors (Lipinski definition) is 5. The van der Waals surface area contributed by atoms with Gasteiger partial charge in [-0.1, -0.05) is 82.2 Å². The molecule has 0 aliphatic carbocycles. The molecule has 1 saturated heterocycles. The zero-order valence-electron chi connectivity index (χ0n) is 16.4. The van der Waals surface area contributed by atoms with Gasteiger partial charge >= 0.3 is 0 Å². The van der Waals surface area contributed by atoms with Gasteiger partial charge in [0.2, 0.25) is 0 Å². The van der Waals surface area contributed by atoms with E-state index in [1.54, 1.807) is 24.2 Å². The van der Waals surface area contributed by atoms with Crippen LogP contribution in [0.2, 0.25) is 0 Å². The quantitative estimate of drug-likeness (QED) is 0.238. The first kappa shape index (κ1) is 21.4. The van der Waals surface area contributed by atoms with Crippen LogP contribution in [0, 0.1) is 12.3 Å². The van der Waals surface area contributed by atoms with Crippen LogP contribution in [0.5, 0.6) is 11.5 Å². The molecule has 4 rings (SSSR count). The summed E-state index contributed by atoms with van der Waals surface area (Å²) in [5, 5.41) is 2.00. The minimum Gasteiger partial charge on any atom is -0.493 e. The number of benzene rings is 3. The predicted molar refractivity (Wildman–Crippen MR) is 135 cm³/mol. The molecule has 154 valence electrons. The Kier molecular flexibility index (Phi) is 6.33. The number of terminal acetylenes is 1. The van der Waals surface area contributed by atoms with E-state index in [4.69, 9.17) is 28.1 Å². The maximum absolute atomic E-state index is 13.4. The minimum atomic E-state index is -0.187. The van der Waals surface area contributed by atoms with Gasteiger partial charge < -0.3 is 9.47 Å². The molecule has 0 aromatic heterocycles. The van der Waals surface area contributed by atoms with Crippen LogP contribution in [-0.4, -0.2) is 23.9 Å². The molecule has 1 aliphatic heterocycles. The second-order valence-corrected chi connectivity index (χ2v) is 9.13. The summed E-state index contributed by atoms with van der Waals surface area (Å²) in [6.45, 7) is 0.0792. The first-order valence-electron chi connectivity index (χ1n) is 9.23. The Hall–Kier alpha value is -2.79. The van der Waals surface area contributed by atoms with E-state index < -0.39 is 0 Å². The number of thioether (sulfide) groups is 1. The maximum Gasteiger partial charge on any atom is 0.270 e. The molecule has 0 unspecified atom stereocenters.